The van der Waals surface area contributed by atoms with Crippen LogP contribution in [0.3, 0.4) is 0 Å². The van der Waals surface area contributed by atoms with Crippen molar-refractivity contribution in [1.82, 2.24) is 0 Å². The molecule has 6 aromatic rings. The Morgan fingerprint density at radius 2 is 1.59 bits per heavy atom. The van der Waals surface area contributed by atoms with Crippen molar-refractivity contribution in [2.75, 3.05) is 11.9 Å². The molecule has 0 bridgehead atoms. The quantitative estimate of drug-likeness (QED) is 0.0952. The largest absolute Gasteiger partial charge is 0.505 e. The summed E-state index contributed by atoms with van der Waals surface area (Å²) in [5.74, 6) is -2.36. The standard InChI is InChI=1S/C43H39NO10/c1-24-33(51-42-37(48)39(32(23-45)43(2,3)54-42)52-34(46)20-25-10-5-4-6-11-25)19-18-31-36(47)35(41(50)53-38(24)31)44-40(49)30-15-9-14-28(22-30)29-17-16-26-12-7-8-13-27(26)21-29/h4-19,21-22,32,37,39,42,45,47-48H,20,23H2,1-3H3,(H,44,49)/t32-,37-,39-,42-/m1/s1. The SMILES string of the molecule is Cc1c(O[C@@H]2OC(C)(C)[C@H](CO)[C@@H](OC(=O)Cc3ccccc3)[C@H]2O)ccc2c(O)c(NC(=O)c3cccc(-c4ccc5ccccc5c4)c3)c(=O)oc12. The lowest BCUT2D eigenvalue weighted by Crippen LogP contribution is -2.62. The molecule has 7 rings (SSSR count). The molecular formula is C43H39NO10. The number of hydrogen-bond donors (Lipinski definition) is 4. The average molecular weight is 730 g/mol. The van der Waals surface area contributed by atoms with Gasteiger partial charge in [0.1, 0.15) is 17.4 Å². The van der Waals surface area contributed by atoms with Gasteiger partial charge in [0, 0.05) is 11.1 Å². The maximum atomic E-state index is 13.4. The number of esters is 1. The first-order valence-electron chi connectivity index (χ1n) is 17.5. The summed E-state index contributed by atoms with van der Waals surface area (Å²) in [6, 6.07) is 32.8. The molecule has 276 valence electrons. The molecule has 11 nitrogen and oxygen atoms in total. The average Bonchev–Trinajstić information content (AvgIpc) is 3.16. The predicted octanol–water partition coefficient (Wildman–Crippen LogP) is 6.52. The molecule has 0 aliphatic carbocycles. The summed E-state index contributed by atoms with van der Waals surface area (Å²) in [5, 5.41) is 37.6. The highest BCUT2D eigenvalue weighted by Gasteiger charge is 2.52. The Morgan fingerprint density at radius 3 is 2.35 bits per heavy atom. The number of aryl methyl sites for hydroxylation is 1. The number of anilines is 1. The molecule has 1 saturated heterocycles. The van der Waals surface area contributed by atoms with Gasteiger partial charge in [-0.25, -0.2) is 4.79 Å². The fourth-order valence-electron chi connectivity index (χ4n) is 6.89. The Morgan fingerprint density at radius 1 is 0.870 bits per heavy atom. The molecule has 4 atom stereocenters. The van der Waals surface area contributed by atoms with Gasteiger partial charge in [-0.05, 0) is 78.6 Å². The number of carbonyl (C=O) groups excluding carboxylic acids is 2. The summed E-state index contributed by atoms with van der Waals surface area (Å²) >= 11 is 0. The highest BCUT2D eigenvalue weighted by Crippen LogP contribution is 2.40. The molecule has 0 spiro atoms. The Labute approximate surface area is 310 Å². The van der Waals surface area contributed by atoms with Gasteiger partial charge in [0.2, 0.25) is 6.29 Å². The molecule has 0 saturated carbocycles. The van der Waals surface area contributed by atoms with Gasteiger partial charge < -0.3 is 39.3 Å². The van der Waals surface area contributed by atoms with Crippen molar-refractivity contribution in [3.05, 3.63) is 136 Å². The second-order valence-corrected chi connectivity index (χ2v) is 13.9. The number of carbonyl (C=O) groups is 2. The molecule has 0 radical (unpaired) electrons. The van der Waals surface area contributed by atoms with Crippen molar-refractivity contribution in [3.8, 4) is 22.6 Å². The lowest BCUT2D eigenvalue weighted by molar-refractivity contribution is -0.294. The van der Waals surface area contributed by atoms with Gasteiger partial charge in [0.15, 0.2) is 17.5 Å². The van der Waals surface area contributed by atoms with E-state index in [0.717, 1.165) is 27.5 Å². The molecule has 4 N–H and O–H groups in total. The Bertz CT molecular complexity index is 2420. The van der Waals surface area contributed by atoms with Crippen molar-refractivity contribution in [3.63, 3.8) is 0 Å². The number of amides is 1. The van der Waals surface area contributed by atoms with Gasteiger partial charge >= 0.3 is 11.6 Å². The summed E-state index contributed by atoms with van der Waals surface area (Å²) < 4.78 is 23.5. The number of ether oxygens (including phenoxy) is 3. The number of fused-ring (bicyclic) bond motifs is 2. The minimum atomic E-state index is -1.51. The first-order valence-corrected chi connectivity index (χ1v) is 17.5. The van der Waals surface area contributed by atoms with Gasteiger partial charge in [0.25, 0.3) is 5.91 Å². The van der Waals surface area contributed by atoms with E-state index in [-0.39, 0.29) is 34.3 Å². The minimum Gasteiger partial charge on any atom is -0.505 e. The van der Waals surface area contributed by atoms with Crippen molar-refractivity contribution < 1.29 is 43.5 Å². The van der Waals surface area contributed by atoms with Crippen LogP contribution in [-0.4, -0.2) is 57.9 Å². The predicted molar refractivity (Wildman–Crippen MR) is 202 cm³/mol. The van der Waals surface area contributed by atoms with Crippen LogP contribution in [0.25, 0.3) is 32.9 Å². The first-order chi connectivity index (χ1) is 25.9. The molecule has 1 aromatic heterocycles. The van der Waals surface area contributed by atoms with Crippen LogP contribution in [0.1, 0.15) is 35.3 Å². The van der Waals surface area contributed by atoms with Crippen LogP contribution in [0.2, 0.25) is 0 Å². The monoisotopic (exact) mass is 729 g/mol. The van der Waals surface area contributed by atoms with E-state index in [0.29, 0.717) is 0 Å². The van der Waals surface area contributed by atoms with Gasteiger partial charge in [-0.1, -0.05) is 78.9 Å². The number of rotatable bonds is 9. The van der Waals surface area contributed by atoms with Crippen molar-refractivity contribution >= 4 is 39.3 Å². The molecule has 0 unspecified atom stereocenters. The van der Waals surface area contributed by atoms with E-state index in [1.807, 2.05) is 54.6 Å². The number of aromatic hydroxyl groups is 1. The maximum Gasteiger partial charge on any atom is 0.364 e. The van der Waals surface area contributed by atoms with Crippen LogP contribution in [0, 0.1) is 12.8 Å². The molecule has 1 aliphatic rings. The third kappa shape index (κ3) is 7.16. The highest BCUT2D eigenvalue weighted by molar-refractivity contribution is 6.07. The topological polar surface area (TPSA) is 165 Å². The van der Waals surface area contributed by atoms with E-state index >= 15 is 0 Å². The highest BCUT2D eigenvalue weighted by atomic mass is 16.7. The number of aliphatic hydroxyl groups is 2. The molecule has 11 heteroatoms. The zero-order valence-corrected chi connectivity index (χ0v) is 29.8. The second kappa shape index (κ2) is 14.8. The Hall–Kier alpha value is -6.01. The number of aliphatic hydroxyl groups excluding tert-OH is 2. The van der Waals surface area contributed by atoms with Crippen LogP contribution in [0.15, 0.2) is 118 Å². The Balaban J connectivity index is 1.11. The van der Waals surface area contributed by atoms with Gasteiger partial charge in [-0.3, -0.25) is 9.59 Å². The van der Waals surface area contributed by atoms with Gasteiger partial charge in [-0.2, -0.15) is 0 Å². The van der Waals surface area contributed by atoms with E-state index in [9.17, 15) is 29.7 Å². The molecule has 54 heavy (non-hydrogen) atoms. The lowest BCUT2D eigenvalue weighted by atomic mass is 9.81. The van der Waals surface area contributed by atoms with E-state index in [2.05, 4.69) is 5.32 Å². The smallest absolute Gasteiger partial charge is 0.364 e. The number of nitrogens with one attached hydrogen (secondary N) is 1. The number of hydrogen-bond acceptors (Lipinski definition) is 10. The van der Waals surface area contributed by atoms with E-state index in [4.69, 9.17) is 18.6 Å². The second-order valence-electron chi connectivity index (χ2n) is 13.9. The van der Waals surface area contributed by atoms with Crippen LogP contribution < -0.4 is 15.7 Å². The van der Waals surface area contributed by atoms with Crippen LogP contribution in [0.4, 0.5) is 5.69 Å². The first kappa shape index (κ1) is 36.4. The number of benzene rings is 5. The van der Waals surface area contributed by atoms with Gasteiger partial charge in [0.05, 0.1) is 29.9 Å². The van der Waals surface area contributed by atoms with Crippen LogP contribution >= 0.6 is 0 Å². The lowest BCUT2D eigenvalue weighted by Gasteiger charge is -2.48. The zero-order valence-electron chi connectivity index (χ0n) is 29.8. The molecule has 5 aromatic carbocycles. The van der Waals surface area contributed by atoms with E-state index in [1.54, 1.807) is 63.2 Å². The van der Waals surface area contributed by atoms with Crippen molar-refractivity contribution in [2.45, 2.75) is 51.3 Å². The zero-order chi connectivity index (χ0) is 38.1. The van der Waals surface area contributed by atoms with Crippen LogP contribution in [0.5, 0.6) is 11.5 Å². The van der Waals surface area contributed by atoms with Gasteiger partial charge in [-0.15, -0.1) is 0 Å². The Kier molecular flexibility index (Phi) is 9.95. The van der Waals surface area contributed by atoms with Crippen LogP contribution in [-0.2, 0) is 20.7 Å². The third-order valence-corrected chi connectivity index (χ3v) is 9.92. The normalized spacial score (nSPS) is 19.4. The van der Waals surface area contributed by atoms with Crippen molar-refractivity contribution in [1.29, 1.82) is 0 Å². The summed E-state index contributed by atoms with van der Waals surface area (Å²) in [5.41, 5.74) is 0.436. The van der Waals surface area contributed by atoms with Crippen molar-refractivity contribution in [2.24, 2.45) is 5.92 Å². The molecule has 1 fully saturated rings. The molecule has 2 heterocycles. The van der Waals surface area contributed by atoms with E-state index in [1.165, 1.54) is 12.1 Å². The summed E-state index contributed by atoms with van der Waals surface area (Å²) in [6.07, 6.45) is -4.09. The maximum absolute atomic E-state index is 13.4. The summed E-state index contributed by atoms with van der Waals surface area (Å²) in [7, 11) is 0. The summed E-state index contributed by atoms with van der Waals surface area (Å²) in [6.45, 7) is 4.53. The third-order valence-electron chi connectivity index (χ3n) is 9.92. The van der Waals surface area contributed by atoms with E-state index < -0.39 is 65.6 Å². The summed E-state index contributed by atoms with van der Waals surface area (Å²) in [4.78, 5) is 39.6. The molecule has 1 amide bonds. The molecular weight excluding hydrogens is 690 g/mol. The molecule has 1 aliphatic heterocycles. The minimum absolute atomic E-state index is 0.0186. The fourth-order valence-corrected chi connectivity index (χ4v) is 6.89. The fraction of sp³-hybridized carbons (Fsp3) is 0.233.